The second-order valence-electron chi connectivity index (χ2n) is 3.38. The first kappa shape index (κ1) is 17.1. The molecule has 0 spiro atoms. The van der Waals surface area contributed by atoms with E-state index in [9.17, 15) is 13.6 Å². The lowest BCUT2D eigenvalue weighted by molar-refractivity contribution is -0.174. The molecular weight excluding hydrogens is 287 g/mol. The number of esters is 1. The average molecular weight is 300 g/mol. The van der Waals surface area contributed by atoms with Crippen molar-refractivity contribution in [3.8, 4) is 0 Å². The minimum Gasteiger partial charge on any atom is -0.462 e. The van der Waals surface area contributed by atoms with Crippen LogP contribution in [0.25, 0.3) is 0 Å². The minimum atomic E-state index is -3.78. The second-order valence-corrected chi connectivity index (χ2v) is 3.81. The van der Waals surface area contributed by atoms with Crippen LogP contribution in [0.3, 0.4) is 0 Å². The highest BCUT2D eigenvalue weighted by atomic mass is 35.5. The SMILES string of the molecule is CCOC(=O)C(F)(F)[C@H](N)c1cccc(Cl)c1.Cl. The van der Waals surface area contributed by atoms with Gasteiger partial charge in [-0.05, 0) is 24.6 Å². The fourth-order valence-electron chi connectivity index (χ4n) is 1.26. The number of nitrogens with two attached hydrogens (primary N) is 1. The maximum Gasteiger partial charge on any atom is 0.379 e. The Morgan fingerprint density at radius 2 is 2.17 bits per heavy atom. The van der Waals surface area contributed by atoms with E-state index in [1.165, 1.54) is 31.2 Å². The molecule has 2 N–H and O–H groups in total. The van der Waals surface area contributed by atoms with Crippen molar-refractivity contribution in [1.82, 2.24) is 0 Å². The quantitative estimate of drug-likeness (QED) is 0.870. The summed E-state index contributed by atoms with van der Waals surface area (Å²) in [6.07, 6.45) is 0. The maximum atomic E-state index is 13.6. The van der Waals surface area contributed by atoms with Gasteiger partial charge in [-0.1, -0.05) is 23.7 Å². The molecule has 0 fully saturated rings. The Labute approximate surface area is 115 Å². The van der Waals surface area contributed by atoms with E-state index in [0.717, 1.165) is 0 Å². The molecule has 0 aliphatic carbocycles. The monoisotopic (exact) mass is 299 g/mol. The summed E-state index contributed by atoms with van der Waals surface area (Å²) in [5.74, 6) is -5.41. The Morgan fingerprint density at radius 1 is 1.56 bits per heavy atom. The maximum absolute atomic E-state index is 13.6. The Hall–Kier alpha value is -0.910. The fraction of sp³-hybridized carbons (Fsp3) is 0.364. The first-order valence-electron chi connectivity index (χ1n) is 4.95. The largest absolute Gasteiger partial charge is 0.462 e. The van der Waals surface area contributed by atoms with Gasteiger partial charge in [0.05, 0.1) is 6.61 Å². The van der Waals surface area contributed by atoms with E-state index >= 15 is 0 Å². The molecule has 3 nitrogen and oxygen atoms in total. The predicted octanol–water partition coefficient (Wildman–Crippen LogP) is 2.96. The van der Waals surface area contributed by atoms with Gasteiger partial charge < -0.3 is 10.5 Å². The molecular formula is C11H13Cl2F2NO2. The van der Waals surface area contributed by atoms with E-state index in [2.05, 4.69) is 4.74 Å². The van der Waals surface area contributed by atoms with Crippen molar-refractivity contribution in [3.05, 3.63) is 34.9 Å². The van der Waals surface area contributed by atoms with E-state index in [-0.39, 0.29) is 29.6 Å². The number of rotatable bonds is 4. The van der Waals surface area contributed by atoms with Gasteiger partial charge in [0.1, 0.15) is 6.04 Å². The van der Waals surface area contributed by atoms with Crippen molar-refractivity contribution in [2.45, 2.75) is 18.9 Å². The summed E-state index contributed by atoms with van der Waals surface area (Å²) in [5.41, 5.74) is 5.44. The summed E-state index contributed by atoms with van der Waals surface area (Å²) < 4.78 is 31.4. The third-order valence-electron chi connectivity index (χ3n) is 2.15. The zero-order chi connectivity index (χ0) is 13.1. The summed E-state index contributed by atoms with van der Waals surface area (Å²) in [5, 5.41) is 0.276. The summed E-state index contributed by atoms with van der Waals surface area (Å²) >= 11 is 5.66. The van der Waals surface area contributed by atoms with Gasteiger partial charge in [-0.25, -0.2) is 4.79 Å². The van der Waals surface area contributed by atoms with Crippen LogP contribution in [-0.4, -0.2) is 18.5 Å². The van der Waals surface area contributed by atoms with Crippen LogP contribution in [-0.2, 0) is 9.53 Å². The Balaban J connectivity index is 0.00000289. The first-order valence-corrected chi connectivity index (χ1v) is 5.33. The molecule has 0 saturated carbocycles. The van der Waals surface area contributed by atoms with Gasteiger partial charge in [-0.2, -0.15) is 8.78 Å². The van der Waals surface area contributed by atoms with Crippen LogP contribution in [0.5, 0.6) is 0 Å². The molecule has 0 radical (unpaired) electrons. The molecule has 1 aromatic rings. The number of hydrogen-bond acceptors (Lipinski definition) is 3. The molecule has 0 aliphatic rings. The first-order chi connectivity index (χ1) is 7.89. The number of alkyl halides is 2. The zero-order valence-electron chi connectivity index (χ0n) is 9.53. The number of carbonyl (C=O) groups excluding carboxylic acids is 1. The highest BCUT2D eigenvalue weighted by Crippen LogP contribution is 2.31. The second kappa shape index (κ2) is 6.87. The fourth-order valence-corrected chi connectivity index (χ4v) is 1.46. The predicted molar refractivity (Wildman–Crippen MR) is 67.2 cm³/mol. The van der Waals surface area contributed by atoms with Crippen LogP contribution in [0.4, 0.5) is 8.78 Å². The molecule has 1 atom stereocenters. The standard InChI is InChI=1S/C11H12ClF2NO2.ClH/c1-2-17-10(16)11(13,14)9(15)7-4-3-5-8(12)6-7;/h3-6,9H,2,15H2,1H3;1H/t9-;/m1./s1. The topological polar surface area (TPSA) is 52.3 Å². The van der Waals surface area contributed by atoms with Crippen molar-refractivity contribution >= 4 is 30.0 Å². The minimum absolute atomic E-state index is 0. The van der Waals surface area contributed by atoms with Crippen molar-refractivity contribution in [2.24, 2.45) is 5.73 Å². The molecule has 0 saturated heterocycles. The third-order valence-corrected chi connectivity index (χ3v) is 2.38. The van der Waals surface area contributed by atoms with Crippen LogP contribution in [0.1, 0.15) is 18.5 Å². The van der Waals surface area contributed by atoms with Crippen LogP contribution < -0.4 is 5.73 Å². The normalized spacial score (nSPS) is 12.5. The van der Waals surface area contributed by atoms with E-state index < -0.39 is 17.9 Å². The van der Waals surface area contributed by atoms with E-state index in [0.29, 0.717) is 0 Å². The van der Waals surface area contributed by atoms with Gasteiger partial charge in [0.2, 0.25) is 0 Å². The Kier molecular flexibility index (Phi) is 6.52. The van der Waals surface area contributed by atoms with Crippen LogP contribution in [0.15, 0.2) is 24.3 Å². The number of halogens is 4. The van der Waals surface area contributed by atoms with Gasteiger partial charge in [0, 0.05) is 5.02 Å². The van der Waals surface area contributed by atoms with E-state index in [4.69, 9.17) is 17.3 Å². The number of carbonyl (C=O) groups is 1. The molecule has 1 rings (SSSR count). The molecule has 0 aromatic heterocycles. The van der Waals surface area contributed by atoms with Crippen LogP contribution in [0, 0.1) is 0 Å². The summed E-state index contributed by atoms with van der Waals surface area (Å²) in [4.78, 5) is 11.1. The van der Waals surface area contributed by atoms with Gasteiger partial charge in [0.25, 0.3) is 0 Å². The van der Waals surface area contributed by atoms with Crippen molar-refractivity contribution in [1.29, 1.82) is 0 Å². The van der Waals surface area contributed by atoms with E-state index in [1.807, 2.05) is 0 Å². The highest BCUT2D eigenvalue weighted by molar-refractivity contribution is 6.30. The summed E-state index contributed by atoms with van der Waals surface area (Å²) in [7, 11) is 0. The van der Waals surface area contributed by atoms with Crippen molar-refractivity contribution < 1.29 is 18.3 Å². The van der Waals surface area contributed by atoms with Crippen LogP contribution in [0.2, 0.25) is 5.02 Å². The lowest BCUT2D eigenvalue weighted by Gasteiger charge is -2.21. The Morgan fingerprint density at radius 3 is 2.67 bits per heavy atom. The smallest absolute Gasteiger partial charge is 0.379 e. The molecule has 18 heavy (non-hydrogen) atoms. The number of ether oxygens (including phenoxy) is 1. The van der Waals surface area contributed by atoms with E-state index in [1.54, 1.807) is 0 Å². The zero-order valence-corrected chi connectivity index (χ0v) is 11.1. The van der Waals surface area contributed by atoms with Gasteiger partial charge in [-0.15, -0.1) is 12.4 Å². The molecule has 0 aliphatic heterocycles. The molecule has 102 valence electrons. The molecule has 1 aromatic carbocycles. The van der Waals surface area contributed by atoms with Gasteiger partial charge in [0.15, 0.2) is 0 Å². The summed E-state index contributed by atoms with van der Waals surface area (Å²) in [6.45, 7) is 1.32. The number of hydrogen-bond donors (Lipinski definition) is 1. The van der Waals surface area contributed by atoms with Gasteiger partial charge >= 0.3 is 11.9 Å². The molecule has 0 heterocycles. The molecule has 0 bridgehead atoms. The average Bonchev–Trinajstić information content (AvgIpc) is 2.28. The molecule has 0 unspecified atom stereocenters. The summed E-state index contributed by atoms with van der Waals surface area (Å²) in [6, 6.07) is 3.91. The third kappa shape index (κ3) is 3.80. The molecule has 7 heteroatoms. The lowest BCUT2D eigenvalue weighted by atomic mass is 10.0. The van der Waals surface area contributed by atoms with Crippen molar-refractivity contribution in [3.63, 3.8) is 0 Å². The van der Waals surface area contributed by atoms with Crippen LogP contribution >= 0.6 is 24.0 Å². The number of benzene rings is 1. The highest BCUT2D eigenvalue weighted by Gasteiger charge is 2.47. The van der Waals surface area contributed by atoms with Gasteiger partial charge in [-0.3, -0.25) is 0 Å². The Bertz CT molecular complexity index is 416. The lowest BCUT2D eigenvalue weighted by Crippen LogP contribution is -2.41. The van der Waals surface area contributed by atoms with Crippen molar-refractivity contribution in [2.75, 3.05) is 6.61 Å². The molecule has 0 amide bonds.